The number of likely N-dealkylation sites (N-methyl/N-ethyl adjacent to an activating group) is 1. The Labute approximate surface area is 106 Å². The van der Waals surface area contributed by atoms with E-state index in [1.165, 1.54) is 12.1 Å². The first-order chi connectivity index (χ1) is 8.57. The van der Waals surface area contributed by atoms with E-state index in [0.29, 0.717) is 24.2 Å². The first kappa shape index (κ1) is 14.1. The molecule has 0 atom stereocenters. The molecule has 1 rings (SSSR count). The molecule has 0 aliphatic carbocycles. The predicted molar refractivity (Wildman–Crippen MR) is 68.7 cm³/mol. The Morgan fingerprint density at radius 2 is 2.11 bits per heavy atom. The van der Waals surface area contributed by atoms with E-state index in [0.717, 1.165) is 6.54 Å². The Hall–Kier alpha value is -1.95. The molecule has 0 aliphatic rings. The molecule has 6 nitrogen and oxygen atoms in total. The van der Waals surface area contributed by atoms with Gasteiger partial charge in [0.05, 0.1) is 4.92 Å². The summed E-state index contributed by atoms with van der Waals surface area (Å²) in [5.74, 6) is -0.283. The lowest BCUT2D eigenvalue weighted by atomic mass is 10.1. The highest BCUT2D eigenvalue weighted by Gasteiger charge is 2.17. The number of nitrogens with zero attached hydrogens (tertiary/aromatic N) is 1. The number of carbonyl (C=O) groups is 1. The molecule has 0 heterocycles. The summed E-state index contributed by atoms with van der Waals surface area (Å²) < 4.78 is 0. The molecule has 0 saturated carbocycles. The van der Waals surface area contributed by atoms with Gasteiger partial charge in [-0.2, -0.15) is 0 Å². The van der Waals surface area contributed by atoms with Crippen LogP contribution in [0.5, 0.6) is 0 Å². The third-order valence-electron chi connectivity index (χ3n) is 2.58. The molecule has 0 fully saturated rings. The molecule has 1 aromatic carbocycles. The third kappa shape index (κ3) is 3.53. The lowest BCUT2D eigenvalue weighted by Gasteiger charge is -2.08. The van der Waals surface area contributed by atoms with E-state index in [4.69, 9.17) is 0 Å². The van der Waals surface area contributed by atoms with E-state index in [-0.39, 0.29) is 11.6 Å². The van der Waals surface area contributed by atoms with E-state index in [9.17, 15) is 14.9 Å². The van der Waals surface area contributed by atoms with Crippen LogP contribution >= 0.6 is 0 Å². The van der Waals surface area contributed by atoms with Crippen LogP contribution in [0.1, 0.15) is 22.8 Å². The SMILES string of the molecule is CCNCCNC(=O)c1cccc([N+](=O)[O-])c1C. The maximum Gasteiger partial charge on any atom is 0.273 e. The molecular formula is C12H17N3O3. The lowest BCUT2D eigenvalue weighted by Crippen LogP contribution is -2.32. The highest BCUT2D eigenvalue weighted by molar-refractivity contribution is 5.96. The third-order valence-corrected chi connectivity index (χ3v) is 2.58. The molecule has 0 radical (unpaired) electrons. The topological polar surface area (TPSA) is 84.3 Å². The second-order valence-corrected chi connectivity index (χ2v) is 3.82. The Kier molecular flexibility index (Phi) is 5.26. The fourth-order valence-corrected chi connectivity index (χ4v) is 1.60. The summed E-state index contributed by atoms with van der Waals surface area (Å²) in [6, 6.07) is 4.50. The number of hydrogen-bond acceptors (Lipinski definition) is 4. The van der Waals surface area contributed by atoms with Crippen LogP contribution in [0.2, 0.25) is 0 Å². The van der Waals surface area contributed by atoms with Gasteiger partial charge in [0.15, 0.2) is 0 Å². The van der Waals surface area contributed by atoms with Crippen LogP contribution < -0.4 is 10.6 Å². The van der Waals surface area contributed by atoms with Crippen molar-refractivity contribution < 1.29 is 9.72 Å². The van der Waals surface area contributed by atoms with Crippen molar-refractivity contribution in [1.29, 1.82) is 0 Å². The number of nitro benzene ring substituents is 1. The quantitative estimate of drug-likeness (QED) is 0.452. The average molecular weight is 251 g/mol. The minimum absolute atomic E-state index is 0.0330. The highest BCUT2D eigenvalue weighted by Crippen LogP contribution is 2.20. The second kappa shape index (κ2) is 6.70. The van der Waals surface area contributed by atoms with Crippen molar-refractivity contribution in [2.75, 3.05) is 19.6 Å². The van der Waals surface area contributed by atoms with Gasteiger partial charge in [-0.05, 0) is 19.5 Å². The fraction of sp³-hybridized carbons (Fsp3) is 0.417. The molecule has 0 spiro atoms. The smallest absolute Gasteiger partial charge is 0.273 e. The Balaban J connectivity index is 2.74. The maximum absolute atomic E-state index is 11.8. The van der Waals surface area contributed by atoms with Gasteiger partial charge in [0.25, 0.3) is 11.6 Å². The van der Waals surface area contributed by atoms with Crippen molar-refractivity contribution in [2.24, 2.45) is 0 Å². The van der Waals surface area contributed by atoms with E-state index >= 15 is 0 Å². The van der Waals surface area contributed by atoms with Gasteiger partial charge >= 0.3 is 0 Å². The molecule has 1 aromatic rings. The van der Waals surface area contributed by atoms with Gasteiger partial charge in [0.1, 0.15) is 0 Å². The maximum atomic E-state index is 11.8. The monoisotopic (exact) mass is 251 g/mol. The summed E-state index contributed by atoms with van der Waals surface area (Å²) >= 11 is 0. The number of hydrogen-bond donors (Lipinski definition) is 2. The van der Waals surface area contributed by atoms with Crippen LogP contribution in [0.15, 0.2) is 18.2 Å². The molecule has 98 valence electrons. The van der Waals surface area contributed by atoms with Crippen molar-refractivity contribution in [3.8, 4) is 0 Å². The first-order valence-electron chi connectivity index (χ1n) is 5.80. The highest BCUT2D eigenvalue weighted by atomic mass is 16.6. The van der Waals surface area contributed by atoms with Crippen LogP contribution in [0, 0.1) is 17.0 Å². The first-order valence-corrected chi connectivity index (χ1v) is 5.80. The molecule has 18 heavy (non-hydrogen) atoms. The van der Waals surface area contributed by atoms with Gasteiger partial charge in [-0.15, -0.1) is 0 Å². The largest absolute Gasteiger partial charge is 0.351 e. The molecule has 0 bridgehead atoms. The fourth-order valence-electron chi connectivity index (χ4n) is 1.60. The average Bonchev–Trinajstić information content (AvgIpc) is 2.34. The molecule has 0 saturated heterocycles. The van der Waals surface area contributed by atoms with Gasteiger partial charge in [-0.3, -0.25) is 14.9 Å². The summed E-state index contributed by atoms with van der Waals surface area (Å²) in [6.45, 7) is 5.57. The number of nitro groups is 1. The minimum atomic E-state index is -0.481. The van der Waals surface area contributed by atoms with Gasteiger partial charge < -0.3 is 10.6 Å². The van der Waals surface area contributed by atoms with E-state index in [2.05, 4.69) is 10.6 Å². The molecular weight excluding hydrogens is 234 g/mol. The van der Waals surface area contributed by atoms with Crippen LogP contribution in [0.4, 0.5) is 5.69 Å². The van der Waals surface area contributed by atoms with Gasteiger partial charge in [0, 0.05) is 30.3 Å². The predicted octanol–water partition coefficient (Wildman–Crippen LogP) is 1.24. The number of amides is 1. The molecule has 1 amide bonds. The van der Waals surface area contributed by atoms with Crippen LogP contribution in [-0.4, -0.2) is 30.5 Å². The van der Waals surface area contributed by atoms with Crippen LogP contribution in [0.3, 0.4) is 0 Å². The van der Waals surface area contributed by atoms with Crippen molar-refractivity contribution >= 4 is 11.6 Å². The van der Waals surface area contributed by atoms with E-state index in [1.807, 2.05) is 6.92 Å². The summed E-state index contributed by atoms with van der Waals surface area (Å²) in [6.07, 6.45) is 0. The van der Waals surface area contributed by atoms with Gasteiger partial charge in [-0.25, -0.2) is 0 Å². The zero-order valence-corrected chi connectivity index (χ0v) is 10.5. The molecule has 6 heteroatoms. The number of rotatable bonds is 6. The second-order valence-electron chi connectivity index (χ2n) is 3.82. The molecule has 0 aliphatic heterocycles. The summed E-state index contributed by atoms with van der Waals surface area (Å²) in [5, 5.41) is 16.6. The van der Waals surface area contributed by atoms with Crippen molar-refractivity contribution in [3.05, 3.63) is 39.4 Å². The van der Waals surface area contributed by atoms with Gasteiger partial charge in [0.2, 0.25) is 0 Å². The Morgan fingerprint density at radius 3 is 2.72 bits per heavy atom. The lowest BCUT2D eigenvalue weighted by molar-refractivity contribution is -0.385. The summed E-state index contributed by atoms with van der Waals surface area (Å²) in [7, 11) is 0. The van der Waals surface area contributed by atoms with Crippen molar-refractivity contribution in [3.63, 3.8) is 0 Å². The van der Waals surface area contributed by atoms with Crippen molar-refractivity contribution in [2.45, 2.75) is 13.8 Å². The summed E-state index contributed by atoms with van der Waals surface area (Å²) in [4.78, 5) is 22.1. The molecule has 0 unspecified atom stereocenters. The Bertz CT molecular complexity index is 446. The van der Waals surface area contributed by atoms with Crippen LogP contribution in [-0.2, 0) is 0 Å². The van der Waals surface area contributed by atoms with E-state index in [1.54, 1.807) is 13.0 Å². The number of carbonyl (C=O) groups excluding carboxylic acids is 1. The summed E-state index contributed by atoms with van der Waals surface area (Å²) in [5.41, 5.74) is 0.707. The zero-order valence-electron chi connectivity index (χ0n) is 10.5. The minimum Gasteiger partial charge on any atom is -0.351 e. The normalized spacial score (nSPS) is 10.1. The van der Waals surface area contributed by atoms with Gasteiger partial charge in [-0.1, -0.05) is 13.0 Å². The Morgan fingerprint density at radius 1 is 1.39 bits per heavy atom. The number of benzene rings is 1. The van der Waals surface area contributed by atoms with Crippen molar-refractivity contribution in [1.82, 2.24) is 10.6 Å². The zero-order chi connectivity index (χ0) is 13.5. The standard InChI is InChI=1S/C12H17N3O3/c1-3-13-7-8-14-12(16)10-5-4-6-11(9(10)2)15(17)18/h4-6,13H,3,7-8H2,1-2H3,(H,14,16). The van der Waals surface area contributed by atoms with E-state index < -0.39 is 4.92 Å². The molecule has 2 N–H and O–H groups in total. The number of nitrogens with one attached hydrogen (secondary N) is 2. The molecule has 0 aromatic heterocycles. The van der Waals surface area contributed by atoms with Crippen LogP contribution in [0.25, 0.3) is 0 Å².